The van der Waals surface area contributed by atoms with Crippen LogP contribution in [0.4, 0.5) is 5.69 Å². The van der Waals surface area contributed by atoms with E-state index in [2.05, 4.69) is 10.3 Å². The Morgan fingerprint density at radius 1 is 1.29 bits per heavy atom. The number of pyridine rings is 1. The lowest BCUT2D eigenvalue weighted by Gasteiger charge is -2.04. The first-order valence-corrected chi connectivity index (χ1v) is 6.63. The number of imidazole rings is 1. The molecule has 0 spiro atoms. The third-order valence-electron chi connectivity index (χ3n) is 3.30. The molecule has 0 radical (unpaired) electrons. The van der Waals surface area contributed by atoms with Gasteiger partial charge in [0.2, 0.25) is 0 Å². The number of fused-ring (bicyclic) bond motifs is 1. The summed E-state index contributed by atoms with van der Waals surface area (Å²) in [6.45, 7) is 1.90. The quantitative estimate of drug-likeness (QED) is 0.774. The van der Waals surface area contributed by atoms with Gasteiger partial charge in [-0.1, -0.05) is 18.2 Å². The van der Waals surface area contributed by atoms with Gasteiger partial charge >= 0.3 is 0 Å². The number of hydrogen-bond donors (Lipinski definition) is 2. The molecule has 0 aliphatic heterocycles. The summed E-state index contributed by atoms with van der Waals surface area (Å²) in [6, 6.07) is 12.8. The molecule has 0 aliphatic carbocycles. The number of nitrogens with zero attached hydrogens (tertiary/aromatic N) is 2. The van der Waals surface area contributed by atoms with E-state index >= 15 is 0 Å². The second-order valence-electron chi connectivity index (χ2n) is 4.83. The molecular weight excluding hydrogens is 266 g/mol. The predicted octanol–water partition coefficient (Wildman–Crippen LogP) is 2.39. The lowest BCUT2D eigenvalue weighted by atomic mass is 10.2. The van der Waals surface area contributed by atoms with Crippen LogP contribution in [-0.4, -0.2) is 20.4 Å². The van der Waals surface area contributed by atoms with E-state index in [1.807, 2.05) is 29.5 Å². The van der Waals surface area contributed by atoms with Crippen molar-refractivity contribution in [1.82, 2.24) is 9.38 Å². The number of benzene rings is 1. The van der Waals surface area contributed by atoms with Gasteiger partial charge in [0, 0.05) is 17.6 Å². The summed E-state index contributed by atoms with van der Waals surface area (Å²) in [4.78, 5) is 16.6. The van der Waals surface area contributed by atoms with Gasteiger partial charge in [-0.15, -0.1) is 0 Å². The Bertz CT molecular complexity index is 808. The number of amides is 1. The summed E-state index contributed by atoms with van der Waals surface area (Å²) in [5.74, 6) is -0.270. The standard InChI is InChI=1S/C16H15N3O2/c1-11-4-2-7-15-18-14(9-19(11)15)16(21)17-13-6-3-5-12(8-13)10-20/h2-9,20H,10H2,1H3,(H,17,21). The number of carbonyl (C=O) groups excluding carboxylic acids is 1. The molecule has 0 saturated heterocycles. The number of aromatic nitrogens is 2. The molecule has 0 unspecified atom stereocenters. The molecule has 1 aromatic carbocycles. The molecule has 2 N–H and O–H groups in total. The topological polar surface area (TPSA) is 66.6 Å². The minimum atomic E-state index is -0.270. The largest absolute Gasteiger partial charge is 0.392 e. The van der Waals surface area contributed by atoms with Gasteiger partial charge in [0.25, 0.3) is 5.91 Å². The first kappa shape index (κ1) is 13.3. The molecule has 0 atom stereocenters. The van der Waals surface area contributed by atoms with Crippen molar-refractivity contribution in [2.75, 3.05) is 5.32 Å². The van der Waals surface area contributed by atoms with Gasteiger partial charge < -0.3 is 14.8 Å². The van der Waals surface area contributed by atoms with Crippen molar-refractivity contribution < 1.29 is 9.90 Å². The second kappa shape index (κ2) is 5.38. The molecule has 1 amide bonds. The Morgan fingerprint density at radius 2 is 2.10 bits per heavy atom. The van der Waals surface area contributed by atoms with Crippen molar-refractivity contribution in [3.05, 3.63) is 65.6 Å². The number of anilines is 1. The van der Waals surface area contributed by atoms with E-state index < -0.39 is 0 Å². The van der Waals surface area contributed by atoms with E-state index in [4.69, 9.17) is 5.11 Å². The zero-order valence-electron chi connectivity index (χ0n) is 11.6. The summed E-state index contributed by atoms with van der Waals surface area (Å²) < 4.78 is 1.87. The first-order valence-electron chi connectivity index (χ1n) is 6.63. The average Bonchev–Trinajstić information content (AvgIpc) is 2.93. The third-order valence-corrected chi connectivity index (χ3v) is 3.30. The summed E-state index contributed by atoms with van der Waals surface area (Å²) in [6.07, 6.45) is 1.72. The van der Waals surface area contributed by atoms with Crippen LogP contribution in [0, 0.1) is 6.92 Å². The van der Waals surface area contributed by atoms with Crippen LogP contribution in [0.3, 0.4) is 0 Å². The molecule has 106 valence electrons. The van der Waals surface area contributed by atoms with E-state index in [0.717, 1.165) is 16.9 Å². The van der Waals surface area contributed by atoms with Gasteiger partial charge in [-0.25, -0.2) is 4.98 Å². The van der Waals surface area contributed by atoms with Gasteiger partial charge in [0.1, 0.15) is 11.3 Å². The van der Waals surface area contributed by atoms with Crippen molar-refractivity contribution in [3.8, 4) is 0 Å². The van der Waals surface area contributed by atoms with Gasteiger partial charge in [-0.3, -0.25) is 4.79 Å². The van der Waals surface area contributed by atoms with E-state index in [-0.39, 0.29) is 12.5 Å². The SMILES string of the molecule is Cc1cccc2nc(C(=O)Nc3cccc(CO)c3)cn12. The summed E-state index contributed by atoms with van der Waals surface area (Å²) >= 11 is 0. The Morgan fingerprint density at radius 3 is 2.86 bits per heavy atom. The zero-order valence-corrected chi connectivity index (χ0v) is 11.6. The van der Waals surface area contributed by atoms with E-state index in [1.54, 1.807) is 30.5 Å². The Balaban J connectivity index is 1.88. The molecule has 3 aromatic rings. The molecule has 2 heterocycles. The maximum Gasteiger partial charge on any atom is 0.275 e. The van der Waals surface area contributed by atoms with Crippen LogP contribution >= 0.6 is 0 Å². The number of aryl methyl sites for hydroxylation is 1. The van der Waals surface area contributed by atoms with Crippen LogP contribution in [-0.2, 0) is 6.61 Å². The molecule has 21 heavy (non-hydrogen) atoms. The fourth-order valence-corrected chi connectivity index (χ4v) is 2.20. The van der Waals surface area contributed by atoms with Crippen molar-refractivity contribution in [2.45, 2.75) is 13.5 Å². The van der Waals surface area contributed by atoms with Gasteiger partial charge in [-0.05, 0) is 36.8 Å². The van der Waals surface area contributed by atoms with Crippen molar-refractivity contribution in [2.24, 2.45) is 0 Å². The minimum Gasteiger partial charge on any atom is -0.392 e. The molecule has 2 aromatic heterocycles. The Hall–Kier alpha value is -2.66. The summed E-state index contributed by atoms with van der Waals surface area (Å²) in [5, 5.41) is 11.9. The molecular formula is C16H15N3O2. The molecule has 0 aliphatic rings. The normalized spacial score (nSPS) is 10.8. The highest BCUT2D eigenvalue weighted by molar-refractivity contribution is 6.03. The van der Waals surface area contributed by atoms with Crippen LogP contribution in [0.25, 0.3) is 5.65 Å². The first-order chi connectivity index (χ1) is 10.2. The highest BCUT2D eigenvalue weighted by Gasteiger charge is 2.11. The van der Waals surface area contributed by atoms with Crippen molar-refractivity contribution in [3.63, 3.8) is 0 Å². The van der Waals surface area contributed by atoms with E-state index in [1.165, 1.54) is 0 Å². The maximum absolute atomic E-state index is 12.2. The van der Waals surface area contributed by atoms with E-state index in [9.17, 15) is 4.79 Å². The second-order valence-corrected chi connectivity index (χ2v) is 4.83. The highest BCUT2D eigenvalue weighted by atomic mass is 16.3. The van der Waals surface area contributed by atoms with Crippen molar-refractivity contribution >= 4 is 17.2 Å². The monoisotopic (exact) mass is 281 g/mol. The van der Waals surface area contributed by atoms with Crippen LogP contribution < -0.4 is 5.32 Å². The number of aliphatic hydroxyl groups excluding tert-OH is 1. The van der Waals surface area contributed by atoms with Crippen LogP contribution in [0.1, 0.15) is 21.7 Å². The molecule has 0 bridgehead atoms. The van der Waals surface area contributed by atoms with Crippen LogP contribution in [0.2, 0.25) is 0 Å². The third kappa shape index (κ3) is 2.64. The minimum absolute atomic E-state index is 0.0583. The Labute approximate surface area is 121 Å². The molecule has 0 fully saturated rings. The maximum atomic E-state index is 12.2. The lowest BCUT2D eigenvalue weighted by Crippen LogP contribution is -2.12. The molecule has 0 saturated carbocycles. The predicted molar refractivity (Wildman–Crippen MR) is 80.2 cm³/mol. The highest BCUT2D eigenvalue weighted by Crippen LogP contribution is 2.13. The van der Waals surface area contributed by atoms with Crippen LogP contribution in [0.5, 0.6) is 0 Å². The molecule has 3 rings (SSSR count). The zero-order chi connectivity index (χ0) is 14.8. The number of rotatable bonds is 3. The number of carbonyl (C=O) groups is 1. The summed E-state index contributed by atoms with van der Waals surface area (Å²) in [7, 11) is 0. The molecule has 5 nitrogen and oxygen atoms in total. The fourth-order valence-electron chi connectivity index (χ4n) is 2.20. The summed E-state index contributed by atoms with van der Waals surface area (Å²) in [5.41, 5.74) is 3.50. The average molecular weight is 281 g/mol. The van der Waals surface area contributed by atoms with Crippen molar-refractivity contribution in [1.29, 1.82) is 0 Å². The molecule has 5 heteroatoms. The van der Waals surface area contributed by atoms with Gasteiger partial charge in [0.15, 0.2) is 0 Å². The lowest BCUT2D eigenvalue weighted by molar-refractivity contribution is 0.102. The Kier molecular flexibility index (Phi) is 3.41. The number of aliphatic hydroxyl groups is 1. The van der Waals surface area contributed by atoms with Crippen LogP contribution in [0.15, 0.2) is 48.7 Å². The number of nitrogens with one attached hydrogen (secondary N) is 1. The smallest absolute Gasteiger partial charge is 0.275 e. The van der Waals surface area contributed by atoms with Gasteiger partial charge in [-0.2, -0.15) is 0 Å². The fraction of sp³-hybridized carbons (Fsp3) is 0.125. The number of hydrogen-bond acceptors (Lipinski definition) is 3. The van der Waals surface area contributed by atoms with E-state index in [0.29, 0.717) is 11.4 Å². The van der Waals surface area contributed by atoms with Gasteiger partial charge in [0.05, 0.1) is 6.61 Å².